The Kier molecular flexibility index (Phi) is 3.74. The minimum Gasteiger partial charge on any atom is -0.489 e. The highest BCUT2D eigenvalue weighted by Crippen LogP contribution is 2.30. The zero-order chi connectivity index (χ0) is 13.9. The Bertz CT molecular complexity index is 599. The number of aromatic nitrogens is 1. The van der Waals surface area contributed by atoms with Crippen LogP contribution in [0, 0.1) is 0 Å². The number of benzene rings is 1. The number of nitrogens with zero attached hydrogens (tertiary/aromatic N) is 2. The van der Waals surface area contributed by atoms with Crippen molar-refractivity contribution >= 4 is 16.6 Å². The Balaban J connectivity index is 1.81. The molecule has 1 saturated heterocycles. The van der Waals surface area contributed by atoms with Crippen LogP contribution in [-0.2, 0) is 0 Å². The van der Waals surface area contributed by atoms with Gasteiger partial charge in [0.15, 0.2) is 5.75 Å². The van der Waals surface area contributed by atoms with Crippen molar-refractivity contribution in [3.63, 3.8) is 0 Å². The number of fused-ring (bicyclic) bond motifs is 1. The second kappa shape index (κ2) is 5.67. The van der Waals surface area contributed by atoms with Crippen molar-refractivity contribution in [2.75, 3.05) is 25.9 Å². The van der Waals surface area contributed by atoms with Crippen LogP contribution in [0.2, 0.25) is 0 Å². The number of ether oxygens (including phenoxy) is 1. The van der Waals surface area contributed by atoms with Gasteiger partial charge in [0, 0.05) is 11.4 Å². The fourth-order valence-electron chi connectivity index (χ4n) is 2.83. The Morgan fingerprint density at radius 2 is 2.20 bits per heavy atom. The van der Waals surface area contributed by atoms with E-state index in [2.05, 4.69) is 16.9 Å². The lowest BCUT2D eigenvalue weighted by Crippen LogP contribution is -2.40. The topological polar surface area (TPSA) is 51.4 Å². The molecule has 0 aliphatic carbocycles. The lowest BCUT2D eigenvalue weighted by molar-refractivity contribution is 0.126. The van der Waals surface area contributed by atoms with Gasteiger partial charge >= 0.3 is 0 Å². The van der Waals surface area contributed by atoms with Gasteiger partial charge in [-0.05, 0) is 38.6 Å². The van der Waals surface area contributed by atoms with Crippen LogP contribution in [-0.4, -0.2) is 36.1 Å². The van der Waals surface area contributed by atoms with E-state index in [9.17, 15) is 0 Å². The normalized spacial score (nSPS) is 20.1. The van der Waals surface area contributed by atoms with E-state index < -0.39 is 0 Å². The molecule has 20 heavy (non-hydrogen) atoms. The Morgan fingerprint density at radius 1 is 1.35 bits per heavy atom. The summed E-state index contributed by atoms with van der Waals surface area (Å²) in [5, 5.41) is 0.992. The summed E-state index contributed by atoms with van der Waals surface area (Å²) in [6.45, 7) is 1.84. The number of nitrogens with two attached hydrogens (primary N) is 1. The molecule has 1 aliphatic heterocycles. The van der Waals surface area contributed by atoms with Gasteiger partial charge < -0.3 is 15.4 Å². The van der Waals surface area contributed by atoms with Gasteiger partial charge in [-0.1, -0.05) is 18.6 Å². The largest absolute Gasteiger partial charge is 0.489 e. The molecule has 0 spiro atoms. The van der Waals surface area contributed by atoms with E-state index in [1.807, 2.05) is 24.3 Å². The van der Waals surface area contributed by atoms with Crippen molar-refractivity contribution in [2.24, 2.45) is 0 Å². The summed E-state index contributed by atoms with van der Waals surface area (Å²) in [5.41, 5.74) is 7.57. The number of rotatable bonds is 3. The summed E-state index contributed by atoms with van der Waals surface area (Å²) in [5.74, 6) is 0.773. The minimum atomic E-state index is 0.482. The number of anilines is 1. The Hall–Kier alpha value is -1.81. The molecule has 1 atom stereocenters. The van der Waals surface area contributed by atoms with Crippen molar-refractivity contribution in [1.29, 1.82) is 0 Å². The lowest BCUT2D eigenvalue weighted by atomic mass is 10.0. The van der Waals surface area contributed by atoms with Gasteiger partial charge in [-0.15, -0.1) is 0 Å². The summed E-state index contributed by atoms with van der Waals surface area (Å²) in [4.78, 5) is 6.71. The first-order chi connectivity index (χ1) is 9.75. The summed E-state index contributed by atoms with van der Waals surface area (Å²) in [7, 11) is 2.17. The maximum Gasteiger partial charge on any atom is 0.153 e. The monoisotopic (exact) mass is 271 g/mol. The Labute approximate surface area is 119 Å². The molecule has 3 rings (SSSR count). The molecule has 1 aliphatic rings. The summed E-state index contributed by atoms with van der Waals surface area (Å²) >= 11 is 0. The number of para-hydroxylation sites is 1. The van der Waals surface area contributed by atoms with Crippen LogP contribution in [0.3, 0.4) is 0 Å². The number of likely N-dealkylation sites (tertiary alicyclic amines) is 1. The third kappa shape index (κ3) is 2.56. The van der Waals surface area contributed by atoms with Crippen LogP contribution in [0.4, 0.5) is 5.69 Å². The highest BCUT2D eigenvalue weighted by Gasteiger charge is 2.20. The molecule has 2 N–H and O–H groups in total. The van der Waals surface area contributed by atoms with Crippen molar-refractivity contribution in [1.82, 2.24) is 9.88 Å². The molecular formula is C16H21N3O. The predicted octanol–water partition coefficient (Wildman–Crippen LogP) is 2.68. The molecule has 1 aromatic carbocycles. The van der Waals surface area contributed by atoms with Crippen LogP contribution in [0.1, 0.15) is 19.3 Å². The molecule has 1 unspecified atom stereocenters. The van der Waals surface area contributed by atoms with E-state index in [0.29, 0.717) is 18.3 Å². The van der Waals surface area contributed by atoms with Gasteiger partial charge in [-0.2, -0.15) is 0 Å². The number of hydrogen-bond donors (Lipinski definition) is 1. The first-order valence-electron chi connectivity index (χ1n) is 7.22. The van der Waals surface area contributed by atoms with E-state index in [-0.39, 0.29) is 0 Å². The van der Waals surface area contributed by atoms with Gasteiger partial charge in [0.1, 0.15) is 6.61 Å². The smallest absolute Gasteiger partial charge is 0.153 e. The molecule has 4 heteroatoms. The fourth-order valence-corrected chi connectivity index (χ4v) is 2.83. The second-order valence-corrected chi connectivity index (χ2v) is 5.50. The van der Waals surface area contributed by atoms with Crippen molar-refractivity contribution in [3.8, 4) is 5.75 Å². The lowest BCUT2D eigenvalue weighted by Gasteiger charge is -2.32. The summed E-state index contributed by atoms with van der Waals surface area (Å²) in [6.07, 6.45) is 5.44. The first-order valence-corrected chi connectivity index (χ1v) is 7.22. The quantitative estimate of drug-likeness (QED) is 0.932. The zero-order valence-corrected chi connectivity index (χ0v) is 11.9. The third-order valence-corrected chi connectivity index (χ3v) is 4.10. The third-order valence-electron chi connectivity index (χ3n) is 4.10. The SMILES string of the molecule is CN1CCCCC1COc1c(N)cnc2ccccc12. The van der Waals surface area contributed by atoms with Gasteiger partial charge in [0.05, 0.1) is 17.4 Å². The fraction of sp³-hybridized carbons (Fsp3) is 0.438. The van der Waals surface area contributed by atoms with Gasteiger partial charge in [-0.3, -0.25) is 4.98 Å². The van der Waals surface area contributed by atoms with Crippen LogP contribution >= 0.6 is 0 Å². The van der Waals surface area contributed by atoms with Crippen LogP contribution in [0.25, 0.3) is 10.9 Å². The van der Waals surface area contributed by atoms with Crippen molar-refractivity contribution in [2.45, 2.75) is 25.3 Å². The van der Waals surface area contributed by atoms with Crippen LogP contribution < -0.4 is 10.5 Å². The molecular weight excluding hydrogens is 250 g/mol. The molecule has 2 heterocycles. The predicted molar refractivity (Wildman–Crippen MR) is 81.9 cm³/mol. The van der Waals surface area contributed by atoms with Crippen LogP contribution in [0.15, 0.2) is 30.5 Å². The summed E-state index contributed by atoms with van der Waals surface area (Å²) < 4.78 is 6.05. The second-order valence-electron chi connectivity index (χ2n) is 5.50. The Morgan fingerprint density at radius 3 is 3.05 bits per heavy atom. The molecule has 0 radical (unpaired) electrons. The van der Waals surface area contributed by atoms with Crippen LogP contribution in [0.5, 0.6) is 5.75 Å². The van der Waals surface area contributed by atoms with Crippen molar-refractivity contribution < 1.29 is 4.74 Å². The molecule has 0 amide bonds. The molecule has 0 saturated carbocycles. The number of likely N-dealkylation sites (N-methyl/N-ethyl adjacent to an activating group) is 1. The molecule has 0 bridgehead atoms. The number of nitrogen functional groups attached to an aromatic ring is 1. The van der Waals surface area contributed by atoms with Gasteiger partial charge in [0.2, 0.25) is 0 Å². The number of hydrogen-bond acceptors (Lipinski definition) is 4. The maximum atomic E-state index is 6.05. The van der Waals surface area contributed by atoms with E-state index in [1.165, 1.54) is 19.3 Å². The van der Waals surface area contributed by atoms with Crippen molar-refractivity contribution in [3.05, 3.63) is 30.5 Å². The highest BCUT2D eigenvalue weighted by atomic mass is 16.5. The molecule has 4 nitrogen and oxygen atoms in total. The average Bonchev–Trinajstić information content (AvgIpc) is 2.48. The maximum absolute atomic E-state index is 6.05. The first kappa shape index (κ1) is 13.2. The minimum absolute atomic E-state index is 0.482. The van der Waals surface area contributed by atoms with E-state index in [4.69, 9.17) is 10.5 Å². The zero-order valence-electron chi connectivity index (χ0n) is 11.9. The molecule has 1 aromatic heterocycles. The highest BCUT2D eigenvalue weighted by molar-refractivity contribution is 5.89. The average molecular weight is 271 g/mol. The van der Waals surface area contributed by atoms with Gasteiger partial charge in [-0.25, -0.2) is 0 Å². The van der Waals surface area contributed by atoms with Gasteiger partial charge in [0.25, 0.3) is 0 Å². The number of pyridine rings is 1. The summed E-state index contributed by atoms with van der Waals surface area (Å²) in [6, 6.07) is 8.44. The standard InChI is InChI=1S/C16H21N3O/c1-19-9-5-4-6-12(19)11-20-16-13-7-2-3-8-15(13)18-10-14(16)17/h2-3,7-8,10,12H,4-6,9,11,17H2,1H3. The van der Waals surface area contributed by atoms with E-state index >= 15 is 0 Å². The van der Waals surface area contributed by atoms with E-state index in [1.54, 1.807) is 6.20 Å². The molecule has 1 fully saturated rings. The molecule has 2 aromatic rings. The number of piperidine rings is 1. The molecule has 106 valence electrons. The van der Waals surface area contributed by atoms with E-state index in [0.717, 1.165) is 23.2 Å².